The van der Waals surface area contributed by atoms with Crippen LogP contribution in [0.3, 0.4) is 0 Å². The zero-order chi connectivity index (χ0) is 23.6. The monoisotopic (exact) mass is 474 g/mol. The molecule has 4 rings (SSSR count). The van der Waals surface area contributed by atoms with E-state index in [9.17, 15) is 14.0 Å². The highest BCUT2D eigenvalue weighted by Gasteiger charge is 2.54. The number of rotatable bonds is 8. The lowest BCUT2D eigenvalue weighted by molar-refractivity contribution is -0.134. The molecule has 1 N–H and O–H groups in total. The third-order valence-electron chi connectivity index (χ3n) is 7.07. The smallest absolute Gasteiger partial charge is 0.325 e. The van der Waals surface area contributed by atoms with E-state index in [-0.39, 0.29) is 29.4 Å². The first kappa shape index (κ1) is 23.6. The van der Waals surface area contributed by atoms with E-state index in [1.54, 1.807) is 29.0 Å². The molecular weight excluding hydrogens is 443 g/mol. The minimum absolute atomic E-state index is 0.0908. The highest BCUT2D eigenvalue weighted by molar-refractivity contribution is 7.09. The molecule has 2 saturated heterocycles. The molecule has 2 aliphatic heterocycles. The number of urea groups is 1. The van der Waals surface area contributed by atoms with Gasteiger partial charge in [-0.05, 0) is 62.9 Å². The molecule has 9 heteroatoms. The van der Waals surface area contributed by atoms with Gasteiger partial charge >= 0.3 is 6.03 Å². The maximum Gasteiger partial charge on any atom is 0.325 e. The predicted molar refractivity (Wildman–Crippen MR) is 125 cm³/mol. The summed E-state index contributed by atoms with van der Waals surface area (Å²) in [7, 11) is 1.46. The number of nitrogens with one attached hydrogen (secondary N) is 1. The van der Waals surface area contributed by atoms with Crippen LogP contribution in [0.1, 0.15) is 42.3 Å². The Kier molecular flexibility index (Phi) is 6.99. The Labute approximate surface area is 197 Å². The van der Waals surface area contributed by atoms with E-state index in [0.29, 0.717) is 25.9 Å². The second-order valence-electron chi connectivity index (χ2n) is 8.84. The van der Waals surface area contributed by atoms with Crippen LogP contribution in [0.5, 0.6) is 5.75 Å². The summed E-state index contributed by atoms with van der Waals surface area (Å²) in [6.45, 7) is 6.63. The van der Waals surface area contributed by atoms with Crippen molar-refractivity contribution in [3.05, 3.63) is 45.7 Å². The van der Waals surface area contributed by atoms with Crippen molar-refractivity contribution in [1.29, 1.82) is 0 Å². The van der Waals surface area contributed by atoms with E-state index in [1.165, 1.54) is 18.1 Å². The van der Waals surface area contributed by atoms with Crippen LogP contribution in [-0.2, 0) is 17.8 Å². The Morgan fingerprint density at radius 1 is 1.30 bits per heavy atom. The maximum absolute atomic E-state index is 13.7. The lowest BCUT2D eigenvalue weighted by atomic mass is 9.75. The lowest BCUT2D eigenvalue weighted by Crippen LogP contribution is -2.55. The fourth-order valence-corrected chi connectivity index (χ4v) is 5.85. The number of piperidine rings is 1. The minimum atomic E-state index is -0.828. The predicted octanol–water partition coefficient (Wildman–Crippen LogP) is 3.75. The van der Waals surface area contributed by atoms with E-state index in [2.05, 4.69) is 15.2 Å². The molecule has 0 radical (unpaired) electrons. The molecule has 1 atom stereocenters. The Hall–Kier alpha value is -2.52. The van der Waals surface area contributed by atoms with Gasteiger partial charge in [-0.2, -0.15) is 0 Å². The molecule has 7 nitrogen and oxygen atoms in total. The number of benzene rings is 1. The van der Waals surface area contributed by atoms with Gasteiger partial charge < -0.3 is 10.1 Å². The number of methoxy groups -OCH3 is 1. The number of thiazole rings is 1. The molecule has 0 saturated carbocycles. The molecular formula is C24H31FN4O3S. The van der Waals surface area contributed by atoms with Gasteiger partial charge in [0.2, 0.25) is 0 Å². The number of nitrogens with zero attached hydrogens (tertiary/aromatic N) is 3. The fraction of sp³-hybridized carbons (Fsp3) is 0.542. The number of ether oxygens (including phenoxy) is 1. The third-order valence-corrected chi connectivity index (χ3v) is 8.07. The van der Waals surface area contributed by atoms with Gasteiger partial charge in [-0.1, -0.05) is 13.0 Å². The number of carbonyl (C=O) groups is 2. The summed E-state index contributed by atoms with van der Waals surface area (Å²) in [5, 5.41) is 3.07. The van der Waals surface area contributed by atoms with Crippen LogP contribution in [0, 0.1) is 18.7 Å². The van der Waals surface area contributed by atoms with Crippen LogP contribution in [0.15, 0.2) is 23.7 Å². The molecule has 1 aromatic heterocycles. The largest absolute Gasteiger partial charge is 0.494 e. The quantitative estimate of drug-likeness (QED) is 0.590. The molecule has 2 aromatic rings. The molecule has 2 aliphatic rings. The third kappa shape index (κ3) is 4.61. The molecule has 0 bridgehead atoms. The summed E-state index contributed by atoms with van der Waals surface area (Å²) in [5.41, 5.74) is 2.92. The first-order chi connectivity index (χ1) is 15.9. The van der Waals surface area contributed by atoms with Crippen LogP contribution >= 0.6 is 11.3 Å². The summed E-state index contributed by atoms with van der Waals surface area (Å²) in [6.07, 6.45) is 2.85. The normalized spacial score (nSPS) is 22.1. The number of hydrogen-bond acceptors (Lipinski definition) is 6. The average molecular weight is 475 g/mol. The number of imide groups is 1. The summed E-state index contributed by atoms with van der Waals surface area (Å²) in [6, 6.07) is 4.66. The Balaban J connectivity index is 1.38. The number of hydrogen-bond donors (Lipinski definition) is 1. The van der Waals surface area contributed by atoms with Crippen molar-refractivity contribution in [2.75, 3.05) is 26.7 Å². The number of aryl methyl sites for hydroxylation is 1. The van der Waals surface area contributed by atoms with Crippen molar-refractivity contribution in [3.8, 4) is 5.75 Å². The topological polar surface area (TPSA) is 74.8 Å². The number of likely N-dealkylation sites (tertiary alicyclic amines) is 1. The average Bonchev–Trinajstić information content (AvgIpc) is 3.34. The van der Waals surface area contributed by atoms with E-state index in [1.807, 2.05) is 13.8 Å². The summed E-state index contributed by atoms with van der Waals surface area (Å²) >= 11 is 1.56. The molecule has 178 valence electrons. The van der Waals surface area contributed by atoms with Gasteiger partial charge in [-0.25, -0.2) is 14.2 Å². The van der Waals surface area contributed by atoms with Crippen LogP contribution in [0.2, 0.25) is 0 Å². The van der Waals surface area contributed by atoms with E-state index >= 15 is 0 Å². The van der Waals surface area contributed by atoms with E-state index in [0.717, 1.165) is 42.1 Å². The first-order valence-electron chi connectivity index (χ1n) is 11.5. The van der Waals surface area contributed by atoms with Gasteiger partial charge in [-0.3, -0.25) is 14.6 Å². The molecule has 3 heterocycles. The van der Waals surface area contributed by atoms with Gasteiger partial charge in [-0.15, -0.1) is 11.3 Å². The number of carbonyl (C=O) groups excluding carboxylic acids is 2. The first-order valence-corrected chi connectivity index (χ1v) is 12.3. The maximum atomic E-state index is 13.7. The van der Waals surface area contributed by atoms with Crippen molar-refractivity contribution < 1.29 is 18.7 Å². The molecule has 0 aliphatic carbocycles. The summed E-state index contributed by atoms with van der Waals surface area (Å²) in [5.74, 6) is -0.123. The van der Waals surface area contributed by atoms with Crippen LogP contribution in [0.25, 0.3) is 0 Å². The van der Waals surface area contributed by atoms with Crippen molar-refractivity contribution in [2.45, 2.75) is 51.6 Å². The van der Waals surface area contributed by atoms with Crippen molar-refractivity contribution in [2.24, 2.45) is 5.92 Å². The van der Waals surface area contributed by atoms with Crippen molar-refractivity contribution in [3.63, 3.8) is 0 Å². The molecule has 0 unspecified atom stereocenters. The standard InChI is InChI=1S/C24H31FN4O3S/c1-4-24(22(30)29(23(31)27-24)12-9-21-16(2)26-15-33-21)18-7-10-28(11-8-18)14-17-5-6-19(25)20(13-17)32-3/h5-6,13,15,18H,4,7-12,14H2,1-3H3,(H,27,31)/t24-/m1/s1. The van der Waals surface area contributed by atoms with Crippen LogP contribution in [0.4, 0.5) is 9.18 Å². The molecule has 0 spiro atoms. The SMILES string of the molecule is CC[C@]1(C2CCN(Cc3ccc(F)c(OC)c3)CC2)NC(=O)N(CCc2scnc2C)C1=O. The highest BCUT2D eigenvalue weighted by atomic mass is 32.1. The zero-order valence-electron chi connectivity index (χ0n) is 19.4. The van der Waals surface area contributed by atoms with Gasteiger partial charge in [0, 0.05) is 24.4 Å². The Morgan fingerprint density at radius 2 is 2.06 bits per heavy atom. The van der Waals surface area contributed by atoms with E-state index in [4.69, 9.17) is 4.74 Å². The second kappa shape index (κ2) is 9.77. The van der Waals surface area contributed by atoms with Crippen molar-refractivity contribution in [1.82, 2.24) is 20.1 Å². The molecule has 2 fully saturated rings. The van der Waals surface area contributed by atoms with E-state index < -0.39 is 5.54 Å². The van der Waals surface area contributed by atoms with Crippen LogP contribution in [-0.4, -0.2) is 59.0 Å². The van der Waals surface area contributed by atoms with Gasteiger partial charge in [0.25, 0.3) is 5.91 Å². The minimum Gasteiger partial charge on any atom is -0.494 e. The van der Waals surface area contributed by atoms with Gasteiger partial charge in [0.05, 0.1) is 18.3 Å². The zero-order valence-corrected chi connectivity index (χ0v) is 20.2. The van der Waals surface area contributed by atoms with Gasteiger partial charge in [0.1, 0.15) is 5.54 Å². The second-order valence-corrected chi connectivity index (χ2v) is 9.78. The number of aromatic nitrogens is 1. The van der Waals surface area contributed by atoms with Crippen LogP contribution < -0.4 is 10.1 Å². The van der Waals surface area contributed by atoms with Crippen molar-refractivity contribution >= 4 is 23.3 Å². The summed E-state index contributed by atoms with van der Waals surface area (Å²) in [4.78, 5) is 35.3. The Morgan fingerprint density at radius 3 is 2.70 bits per heavy atom. The molecule has 33 heavy (non-hydrogen) atoms. The number of halogens is 1. The lowest BCUT2D eigenvalue weighted by Gasteiger charge is -2.40. The number of amides is 3. The highest BCUT2D eigenvalue weighted by Crippen LogP contribution is 2.36. The summed E-state index contributed by atoms with van der Waals surface area (Å²) < 4.78 is 18.8. The fourth-order valence-electron chi connectivity index (χ4n) is 5.08. The van der Waals surface area contributed by atoms with Gasteiger partial charge in [0.15, 0.2) is 11.6 Å². The molecule has 1 aromatic carbocycles. The molecule has 3 amide bonds. The Bertz CT molecular complexity index is 1020.